The third kappa shape index (κ3) is 6.78. The Kier molecular flexibility index (Phi) is 8.79. The molecule has 4 atom stereocenters. The second kappa shape index (κ2) is 11.8. The van der Waals surface area contributed by atoms with Gasteiger partial charge in [-0.2, -0.15) is 0 Å². The zero-order valence-corrected chi connectivity index (χ0v) is 20.5. The molecule has 0 aromatic carbocycles. The molecular weight excluding hydrogens is 448 g/mol. The fourth-order valence-corrected chi connectivity index (χ4v) is 3.76. The molecule has 2 N–H and O–H groups in total. The molecule has 3 heterocycles. The molecule has 3 rings (SSSR count). The number of pyridine rings is 2. The van der Waals surface area contributed by atoms with Crippen molar-refractivity contribution >= 4 is 11.8 Å². The molecule has 0 aliphatic carbocycles. The second-order valence-corrected chi connectivity index (χ2v) is 8.95. The zero-order valence-electron chi connectivity index (χ0n) is 20.5. The quantitative estimate of drug-likeness (QED) is 0.596. The summed E-state index contributed by atoms with van der Waals surface area (Å²) in [5, 5.41) is 19.2. The number of carbonyl (C=O) groups is 2. The molecule has 1 aliphatic heterocycles. The first-order chi connectivity index (χ1) is 16.7. The maximum absolute atomic E-state index is 13.4. The van der Waals surface area contributed by atoms with Crippen molar-refractivity contribution in [2.75, 3.05) is 26.7 Å². The highest BCUT2D eigenvalue weighted by Crippen LogP contribution is 2.27. The van der Waals surface area contributed by atoms with Gasteiger partial charge in [0.2, 0.25) is 11.8 Å². The highest BCUT2D eigenvalue weighted by atomic mass is 16.5. The van der Waals surface area contributed by atoms with Gasteiger partial charge in [0.15, 0.2) is 0 Å². The first-order valence-corrected chi connectivity index (χ1v) is 11.6. The third-order valence-corrected chi connectivity index (χ3v) is 5.93. The summed E-state index contributed by atoms with van der Waals surface area (Å²) < 4.78 is 6.21. The number of aliphatic hydroxyl groups is 2. The highest BCUT2D eigenvalue weighted by molar-refractivity contribution is 5.97. The molecule has 0 unspecified atom stereocenters. The summed E-state index contributed by atoms with van der Waals surface area (Å²) in [6, 6.07) is 4.77. The summed E-state index contributed by atoms with van der Waals surface area (Å²) in [7, 11) is 1.72. The first kappa shape index (κ1) is 26.1. The standard InChI is InChI=1S/C26H32N4O5/c1-17-14-30(18(2)16-31)26(34)22-11-21(6-5-19(3)32)13-28-25(22)35-23(17)15-29(4)24(33)12-20-7-9-27-10-8-20/h7-11,13,17-19,23,31-32H,12,14-16H2,1-4H3/t17-,18-,19-,23-/m0/s1. The van der Waals surface area contributed by atoms with Gasteiger partial charge in [-0.05, 0) is 37.6 Å². The van der Waals surface area contributed by atoms with Gasteiger partial charge in [0.1, 0.15) is 17.8 Å². The Labute approximate surface area is 205 Å². The van der Waals surface area contributed by atoms with E-state index in [9.17, 15) is 19.8 Å². The molecule has 9 heteroatoms. The Bertz CT molecular complexity index is 1100. The van der Waals surface area contributed by atoms with Crippen molar-refractivity contribution in [1.29, 1.82) is 0 Å². The maximum Gasteiger partial charge on any atom is 0.259 e. The normalized spacial score (nSPS) is 19.3. The van der Waals surface area contributed by atoms with Crippen LogP contribution in [0.2, 0.25) is 0 Å². The molecule has 9 nitrogen and oxygen atoms in total. The number of carbonyl (C=O) groups excluding carboxylic acids is 2. The van der Waals surface area contributed by atoms with Crippen molar-refractivity contribution in [2.24, 2.45) is 5.92 Å². The highest BCUT2D eigenvalue weighted by Gasteiger charge is 2.34. The Balaban J connectivity index is 1.89. The van der Waals surface area contributed by atoms with Crippen LogP contribution in [0.25, 0.3) is 0 Å². The third-order valence-electron chi connectivity index (χ3n) is 5.93. The molecule has 0 fully saturated rings. The van der Waals surface area contributed by atoms with Crippen LogP contribution in [-0.2, 0) is 11.2 Å². The summed E-state index contributed by atoms with van der Waals surface area (Å²) in [4.78, 5) is 37.8. The largest absolute Gasteiger partial charge is 0.472 e. The monoisotopic (exact) mass is 480 g/mol. The molecule has 2 aromatic rings. The minimum Gasteiger partial charge on any atom is -0.472 e. The Hall–Kier alpha value is -3.48. The molecular formula is C26H32N4O5. The summed E-state index contributed by atoms with van der Waals surface area (Å²) in [5.41, 5.74) is 1.56. The minimum absolute atomic E-state index is 0.0670. The van der Waals surface area contributed by atoms with Crippen LogP contribution in [0.5, 0.6) is 5.88 Å². The van der Waals surface area contributed by atoms with Crippen LogP contribution >= 0.6 is 0 Å². The number of likely N-dealkylation sites (N-methyl/N-ethyl adjacent to an activating group) is 1. The molecule has 0 spiro atoms. The van der Waals surface area contributed by atoms with Crippen molar-refractivity contribution in [2.45, 2.75) is 45.4 Å². The molecule has 1 aliphatic rings. The lowest BCUT2D eigenvalue weighted by atomic mass is 9.99. The summed E-state index contributed by atoms with van der Waals surface area (Å²) in [6.45, 7) is 5.70. The van der Waals surface area contributed by atoms with Crippen LogP contribution in [0.3, 0.4) is 0 Å². The van der Waals surface area contributed by atoms with Gasteiger partial charge in [-0.3, -0.25) is 14.6 Å². The van der Waals surface area contributed by atoms with E-state index in [0.29, 0.717) is 18.7 Å². The summed E-state index contributed by atoms with van der Waals surface area (Å²) in [6.07, 6.45) is 3.77. The number of aromatic nitrogens is 2. The van der Waals surface area contributed by atoms with E-state index in [-0.39, 0.29) is 42.2 Å². The van der Waals surface area contributed by atoms with Gasteiger partial charge in [-0.15, -0.1) is 0 Å². The Morgan fingerprint density at radius 3 is 2.71 bits per heavy atom. The van der Waals surface area contributed by atoms with Crippen LogP contribution in [0.4, 0.5) is 0 Å². The minimum atomic E-state index is -0.819. The van der Waals surface area contributed by atoms with Gasteiger partial charge < -0.3 is 24.7 Å². The van der Waals surface area contributed by atoms with Crippen LogP contribution in [0.15, 0.2) is 36.8 Å². The van der Waals surface area contributed by atoms with Crippen molar-refractivity contribution in [3.8, 4) is 17.7 Å². The van der Waals surface area contributed by atoms with Crippen LogP contribution in [-0.4, -0.2) is 86.8 Å². The lowest BCUT2D eigenvalue weighted by Gasteiger charge is -2.37. The molecule has 0 saturated carbocycles. The van der Waals surface area contributed by atoms with Gasteiger partial charge in [0.05, 0.1) is 25.6 Å². The Morgan fingerprint density at radius 2 is 2.06 bits per heavy atom. The van der Waals surface area contributed by atoms with E-state index in [1.807, 2.05) is 6.92 Å². The number of fused-ring (bicyclic) bond motifs is 1. The van der Waals surface area contributed by atoms with Gasteiger partial charge in [0.25, 0.3) is 5.91 Å². The summed E-state index contributed by atoms with van der Waals surface area (Å²) >= 11 is 0. The predicted molar refractivity (Wildman–Crippen MR) is 130 cm³/mol. The molecule has 0 saturated heterocycles. The Morgan fingerprint density at radius 1 is 1.34 bits per heavy atom. The van der Waals surface area contributed by atoms with Crippen LogP contribution < -0.4 is 4.74 Å². The van der Waals surface area contributed by atoms with E-state index in [1.165, 1.54) is 6.20 Å². The van der Waals surface area contributed by atoms with E-state index in [4.69, 9.17) is 4.74 Å². The van der Waals surface area contributed by atoms with Crippen molar-refractivity contribution in [1.82, 2.24) is 19.8 Å². The number of rotatable bonds is 6. The molecule has 186 valence electrons. The molecule has 0 radical (unpaired) electrons. The number of amides is 2. The van der Waals surface area contributed by atoms with Crippen molar-refractivity contribution in [3.63, 3.8) is 0 Å². The van der Waals surface area contributed by atoms with Crippen molar-refractivity contribution < 1.29 is 24.5 Å². The number of hydrogen-bond acceptors (Lipinski definition) is 7. The van der Waals surface area contributed by atoms with Gasteiger partial charge in [-0.25, -0.2) is 4.98 Å². The molecule has 35 heavy (non-hydrogen) atoms. The molecule has 0 bridgehead atoms. The zero-order chi connectivity index (χ0) is 25.5. The molecule has 2 amide bonds. The number of nitrogens with zero attached hydrogens (tertiary/aromatic N) is 4. The fraction of sp³-hybridized carbons (Fsp3) is 0.462. The average molecular weight is 481 g/mol. The number of ether oxygens (including phenoxy) is 1. The average Bonchev–Trinajstić information content (AvgIpc) is 2.84. The number of aliphatic hydroxyl groups excluding tert-OH is 2. The lowest BCUT2D eigenvalue weighted by molar-refractivity contribution is -0.130. The van der Waals surface area contributed by atoms with E-state index in [0.717, 1.165) is 5.56 Å². The van der Waals surface area contributed by atoms with Gasteiger partial charge >= 0.3 is 0 Å². The number of hydrogen-bond donors (Lipinski definition) is 2. The van der Waals surface area contributed by atoms with Crippen LogP contribution in [0, 0.1) is 17.8 Å². The van der Waals surface area contributed by atoms with E-state index >= 15 is 0 Å². The van der Waals surface area contributed by atoms with Crippen LogP contribution in [0.1, 0.15) is 42.3 Å². The lowest BCUT2D eigenvalue weighted by Crippen LogP contribution is -2.50. The molecule has 2 aromatic heterocycles. The maximum atomic E-state index is 13.4. The van der Waals surface area contributed by atoms with Crippen molar-refractivity contribution in [3.05, 3.63) is 53.5 Å². The topological polar surface area (TPSA) is 116 Å². The predicted octanol–water partition coefficient (Wildman–Crippen LogP) is 1.13. The fourth-order valence-electron chi connectivity index (χ4n) is 3.76. The smallest absolute Gasteiger partial charge is 0.259 e. The van der Waals surface area contributed by atoms with E-state index in [2.05, 4.69) is 21.8 Å². The van der Waals surface area contributed by atoms with E-state index in [1.54, 1.807) is 61.3 Å². The SMILES string of the molecule is C[C@H](O)C#Cc1cnc2c(c1)C(=O)N([C@@H](C)CO)C[C@H](C)[C@H](CN(C)C(=O)Cc1ccncc1)O2. The van der Waals surface area contributed by atoms with E-state index < -0.39 is 18.2 Å². The second-order valence-electron chi connectivity index (χ2n) is 8.95. The first-order valence-electron chi connectivity index (χ1n) is 11.6. The summed E-state index contributed by atoms with van der Waals surface area (Å²) in [5.74, 6) is 5.07. The van der Waals surface area contributed by atoms with Gasteiger partial charge in [-0.1, -0.05) is 18.8 Å². The van der Waals surface area contributed by atoms with Gasteiger partial charge in [0, 0.05) is 43.7 Å².